The normalized spacial score (nSPS) is 15.8. The van der Waals surface area contributed by atoms with Crippen LogP contribution in [0.1, 0.15) is 17.0 Å². The quantitative estimate of drug-likeness (QED) is 0.673. The maximum Gasteiger partial charge on any atom is 0.344 e. The van der Waals surface area contributed by atoms with Crippen LogP contribution in [0, 0.1) is 11.3 Å². The van der Waals surface area contributed by atoms with Crippen molar-refractivity contribution >= 4 is 11.0 Å². The zero-order valence-electron chi connectivity index (χ0n) is 14.2. The Labute approximate surface area is 153 Å². The zero-order chi connectivity index (χ0) is 19.1. The Hall–Kier alpha value is -3.92. The van der Waals surface area contributed by atoms with Gasteiger partial charge in [-0.05, 0) is 29.8 Å². The third-order valence-electron chi connectivity index (χ3n) is 4.51. The maximum absolute atomic E-state index is 12.8. The van der Waals surface area contributed by atoms with Crippen molar-refractivity contribution < 1.29 is 19.0 Å². The van der Waals surface area contributed by atoms with E-state index in [0.717, 1.165) is 0 Å². The minimum atomic E-state index is -0.811. The highest BCUT2D eigenvalue weighted by atomic mass is 16.5. The predicted molar refractivity (Wildman–Crippen MR) is 96.4 cm³/mol. The van der Waals surface area contributed by atoms with Gasteiger partial charge in [-0.1, -0.05) is 18.2 Å². The average Bonchev–Trinajstić information content (AvgIpc) is 2.67. The first kappa shape index (κ1) is 16.5. The Bertz CT molecular complexity index is 1200. The summed E-state index contributed by atoms with van der Waals surface area (Å²) < 4.78 is 16.2. The van der Waals surface area contributed by atoms with Crippen molar-refractivity contribution in [1.82, 2.24) is 0 Å². The molecule has 0 aliphatic carbocycles. The van der Waals surface area contributed by atoms with E-state index in [9.17, 15) is 15.2 Å². The van der Waals surface area contributed by atoms with Crippen LogP contribution in [-0.4, -0.2) is 12.2 Å². The average molecular weight is 362 g/mol. The van der Waals surface area contributed by atoms with Crippen LogP contribution in [0.3, 0.4) is 0 Å². The van der Waals surface area contributed by atoms with Crippen molar-refractivity contribution in [3.05, 3.63) is 75.5 Å². The number of nitrogens with zero attached hydrogens (tertiary/aromatic N) is 1. The summed E-state index contributed by atoms with van der Waals surface area (Å²) in [5.74, 6) is -0.488. The summed E-state index contributed by atoms with van der Waals surface area (Å²) in [6, 6.07) is 13.5. The standard InChI is InChI=1S/C20H14N2O5/c1-25-15-8-10(6-7-13(15)23)16-12(9-21)19(22)27-18-11-4-2-3-5-14(11)26-20(24)17(16)18/h2-8,16,23H,22H2,1H3/t16-/m1/s1. The SMILES string of the molecule is COc1cc([C@@H]2C(C#N)=C(N)Oc3c2c(=O)oc2ccccc32)ccc1O. The third-order valence-corrected chi connectivity index (χ3v) is 4.51. The molecule has 0 unspecified atom stereocenters. The van der Waals surface area contributed by atoms with Gasteiger partial charge in [0.05, 0.1) is 24.0 Å². The van der Waals surface area contributed by atoms with Crippen LogP contribution in [0.2, 0.25) is 0 Å². The molecule has 0 radical (unpaired) electrons. The monoisotopic (exact) mass is 362 g/mol. The van der Waals surface area contributed by atoms with Crippen molar-refractivity contribution in [3.8, 4) is 23.3 Å². The van der Waals surface area contributed by atoms with Crippen molar-refractivity contribution in [2.75, 3.05) is 7.11 Å². The molecule has 0 saturated carbocycles. The van der Waals surface area contributed by atoms with E-state index in [1.807, 2.05) is 6.07 Å². The number of benzene rings is 2. The van der Waals surface area contributed by atoms with Crippen LogP contribution < -0.4 is 20.8 Å². The number of rotatable bonds is 2. The van der Waals surface area contributed by atoms with Gasteiger partial charge >= 0.3 is 5.63 Å². The second-order valence-electron chi connectivity index (χ2n) is 5.98. The number of phenols is 1. The molecule has 3 aromatic rings. The van der Waals surface area contributed by atoms with Crippen LogP contribution in [0.25, 0.3) is 11.0 Å². The van der Waals surface area contributed by atoms with Gasteiger partial charge in [0.15, 0.2) is 17.2 Å². The van der Waals surface area contributed by atoms with E-state index in [1.165, 1.54) is 13.2 Å². The van der Waals surface area contributed by atoms with Crippen molar-refractivity contribution in [1.29, 1.82) is 5.26 Å². The summed E-state index contributed by atoms with van der Waals surface area (Å²) in [6.07, 6.45) is 0. The van der Waals surface area contributed by atoms with Crippen LogP contribution in [0.15, 0.2) is 63.1 Å². The van der Waals surface area contributed by atoms with E-state index in [1.54, 1.807) is 36.4 Å². The van der Waals surface area contributed by atoms with Crippen LogP contribution in [-0.2, 0) is 0 Å². The molecular formula is C20H14N2O5. The van der Waals surface area contributed by atoms with Gasteiger partial charge in [-0.25, -0.2) is 4.79 Å². The highest BCUT2D eigenvalue weighted by molar-refractivity contribution is 5.86. The first-order valence-corrected chi connectivity index (χ1v) is 8.05. The van der Waals surface area contributed by atoms with E-state index in [4.69, 9.17) is 19.6 Å². The van der Waals surface area contributed by atoms with Crippen LogP contribution in [0.5, 0.6) is 17.2 Å². The van der Waals surface area contributed by atoms with Gasteiger partial charge < -0.3 is 24.7 Å². The van der Waals surface area contributed by atoms with E-state index < -0.39 is 11.5 Å². The topological polar surface area (TPSA) is 119 Å². The minimum Gasteiger partial charge on any atom is -0.504 e. The lowest BCUT2D eigenvalue weighted by atomic mass is 9.83. The second-order valence-corrected chi connectivity index (χ2v) is 5.98. The van der Waals surface area contributed by atoms with Gasteiger partial charge in [-0.3, -0.25) is 0 Å². The molecule has 27 heavy (non-hydrogen) atoms. The minimum absolute atomic E-state index is 0.0606. The number of phenolic OH excluding ortho intramolecular Hbond substituents is 1. The largest absolute Gasteiger partial charge is 0.504 e. The molecule has 1 aliphatic heterocycles. The predicted octanol–water partition coefficient (Wildman–Crippen LogP) is 2.73. The summed E-state index contributed by atoms with van der Waals surface area (Å²) in [7, 11) is 1.41. The fourth-order valence-corrected chi connectivity index (χ4v) is 3.27. The molecule has 0 saturated heterocycles. The molecular weight excluding hydrogens is 348 g/mol. The highest BCUT2D eigenvalue weighted by Gasteiger charge is 2.35. The number of ether oxygens (including phenoxy) is 2. The lowest BCUT2D eigenvalue weighted by Gasteiger charge is -2.26. The highest BCUT2D eigenvalue weighted by Crippen LogP contribution is 2.44. The van der Waals surface area contributed by atoms with Crippen LogP contribution >= 0.6 is 0 Å². The van der Waals surface area contributed by atoms with E-state index in [2.05, 4.69) is 0 Å². The number of fused-ring (bicyclic) bond motifs is 3. The lowest BCUT2D eigenvalue weighted by molar-refractivity contribution is 0.371. The number of hydrogen-bond acceptors (Lipinski definition) is 7. The molecule has 3 N–H and O–H groups in total. The Morgan fingerprint density at radius 3 is 2.78 bits per heavy atom. The summed E-state index contributed by atoms with van der Waals surface area (Å²) in [5.41, 5.74) is 6.52. The van der Waals surface area contributed by atoms with E-state index >= 15 is 0 Å². The first-order valence-electron chi connectivity index (χ1n) is 8.05. The van der Waals surface area contributed by atoms with Crippen LogP contribution in [0.4, 0.5) is 0 Å². The van der Waals surface area contributed by atoms with Gasteiger partial charge in [-0.2, -0.15) is 5.26 Å². The Kier molecular flexibility index (Phi) is 3.74. The molecule has 4 rings (SSSR count). The number of nitrogens with two attached hydrogens (primary N) is 1. The molecule has 134 valence electrons. The molecule has 1 aliphatic rings. The molecule has 0 spiro atoms. The number of methoxy groups -OCH3 is 1. The fraction of sp³-hybridized carbons (Fsp3) is 0.100. The maximum atomic E-state index is 12.8. The summed E-state index contributed by atoms with van der Waals surface area (Å²) in [6.45, 7) is 0. The zero-order valence-corrected chi connectivity index (χ0v) is 14.2. The summed E-state index contributed by atoms with van der Waals surface area (Å²) in [5, 5.41) is 20.1. The summed E-state index contributed by atoms with van der Waals surface area (Å²) >= 11 is 0. The molecule has 7 nitrogen and oxygen atoms in total. The smallest absolute Gasteiger partial charge is 0.344 e. The lowest BCUT2D eigenvalue weighted by Crippen LogP contribution is -2.26. The molecule has 1 aromatic heterocycles. The fourth-order valence-electron chi connectivity index (χ4n) is 3.27. The van der Waals surface area contributed by atoms with Gasteiger partial charge in [0.2, 0.25) is 5.88 Å². The Morgan fingerprint density at radius 2 is 2.04 bits per heavy atom. The van der Waals surface area contributed by atoms with Gasteiger partial charge in [0, 0.05) is 0 Å². The van der Waals surface area contributed by atoms with Crippen molar-refractivity contribution in [2.45, 2.75) is 5.92 Å². The van der Waals surface area contributed by atoms with Crippen molar-refractivity contribution in [3.63, 3.8) is 0 Å². The number of allylic oxidation sites excluding steroid dienone is 1. The van der Waals surface area contributed by atoms with Gasteiger partial charge in [0.1, 0.15) is 17.2 Å². The Balaban J connectivity index is 2.06. The van der Waals surface area contributed by atoms with Crippen molar-refractivity contribution in [2.24, 2.45) is 5.73 Å². The molecule has 2 aromatic carbocycles. The van der Waals surface area contributed by atoms with E-state index in [-0.39, 0.29) is 34.3 Å². The van der Waals surface area contributed by atoms with Gasteiger partial charge in [0.25, 0.3) is 0 Å². The first-order chi connectivity index (χ1) is 13.0. The third kappa shape index (κ3) is 2.47. The number of nitriles is 1. The Morgan fingerprint density at radius 1 is 1.26 bits per heavy atom. The molecule has 0 bridgehead atoms. The number of para-hydroxylation sites is 1. The molecule has 1 atom stereocenters. The number of hydrogen-bond donors (Lipinski definition) is 2. The molecule has 2 heterocycles. The molecule has 0 amide bonds. The number of aromatic hydroxyl groups is 1. The summed E-state index contributed by atoms with van der Waals surface area (Å²) in [4.78, 5) is 12.8. The van der Waals surface area contributed by atoms with E-state index in [0.29, 0.717) is 16.5 Å². The molecule has 0 fully saturated rings. The molecule has 7 heteroatoms. The second kappa shape index (κ2) is 6.11. The van der Waals surface area contributed by atoms with Gasteiger partial charge in [-0.15, -0.1) is 0 Å².